The first-order valence-electron chi connectivity index (χ1n) is 7.09. The molecule has 118 valence electrons. The molecule has 0 fully saturated rings. The van der Waals surface area contributed by atoms with Crippen LogP contribution in [0.1, 0.15) is 18.5 Å². The molecule has 2 heterocycles. The molecule has 0 aliphatic carbocycles. The van der Waals surface area contributed by atoms with Crippen LogP contribution < -0.4 is 4.72 Å². The molecule has 0 amide bonds. The molecule has 0 aliphatic rings. The summed E-state index contributed by atoms with van der Waals surface area (Å²) in [6.07, 6.45) is 4.39. The number of sulfonamides is 1. The van der Waals surface area contributed by atoms with Crippen molar-refractivity contribution in [3.8, 4) is 5.82 Å². The highest BCUT2D eigenvalue weighted by molar-refractivity contribution is 7.89. The Hall–Kier alpha value is -2.51. The largest absolute Gasteiger partial charge is 0.244 e. The molecule has 1 N–H and O–H groups in total. The number of rotatable bonds is 5. The fourth-order valence-electron chi connectivity index (χ4n) is 2.17. The van der Waals surface area contributed by atoms with Crippen LogP contribution in [0.5, 0.6) is 0 Å². The molecule has 23 heavy (non-hydrogen) atoms. The summed E-state index contributed by atoms with van der Waals surface area (Å²) >= 11 is 0. The van der Waals surface area contributed by atoms with Gasteiger partial charge in [-0.25, -0.2) is 22.8 Å². The monoisotopic (exact) mass is 328 g/mol. The lowest BCUT2D eigenvalue weighted by Crippen LogP contribution is -2.26. The highest BCUT2D eigenvalue weighted by atomic mass is 32.2. The van der Waals surface area contributed by atoms with E-state index in [1.54, 1.807) is 25.3 Å². The van der Waals surface area contributed by atoms with E-state index < -0.39 is 10.0 Å². The molecule has 0 unspecified atom stereocenters. The van der Waals surface area contributed by atoms with E-state index in [1.165, 1.54) is 17.1 Å². The average Bonchev–Trinajstić information content (AvgIpc) is 3.07. The lowest BCUT2D eigenvalue weighted by atomic mass is 10.1. The normalized spacial score (nSPS) is 12.9. The summed E-state index contributed by atoms with van der Waals surface area (Å²) in [5.74, 6) is 0.560. The van der Waals surface area contributed by atoms with Crippen molar-refractivity contribution in [1.29, 1.82) is 0 Å². The highest BCUT2D eigenvalue weighted by Gasteiger charge is 2.20. The van der Waals surface area contributed by atoms with E-state index in [0.29, 0.717) is 5.82 Å². The van der Waals surface area contributed by atoms with Crippen LogP contribution in [0.25, 0.3) is 5.82 Å². The Bertz CT molecular complexity index is 877. The van der Waals surface area contributed by atoms with Gasteiger partial charge in [0.1, 0.15) is 4.90 Å². The number of hydrogen-bond acceptors (Lipinski definition) is 4. The molecule has 0 saturated heterocycles. The number of hydrogen-bond donors (Lipinski definition) is 1. The first kappa shape index (κ1) is 15.4. The summed E-state index contributed by atoms with van der Waals surface area (Å²) < 4.78 is 29.0. The van der Waals surface area contributed by atoms with E-state index in [2.05, 4.69) is 14.8 Å². The third-order valence-electron chi connectivity index (χ3n) is 3.38. The Balaban J connectivity index is 1.82. The molecule has 0 radical (unpaired) electrons. The molecule has 2 aromatic heterocycles. The van der Waals surface area contributed by atoms with Gasteiger partial charge in [-0.1, -0.05) is 36.4 Å². The van der Waals surface area contributed by atoms with Gasteiger partial charge in [-0.2, -0.15) is 5.10 Å². The number of benzene rings is 1. The van der Waals surface area contributed by atoms with Gasteiger partial charge in [0.2, 0.25) is 10.0 Å². The standard InChI is InChI=1S/C16H16N4O2S/c1-13(14-7-3-2-4-8-14)19-23(21,22)15-11-18-20(12-15)16-9-5-6-10-17-16/h2-13,19H,1H3/t13-/m1/s1. The van der Waals surface area contributed by atoms with Gasteiger partial charge in [0, 0.05) is 12.2 Å². The minimum atomic E-state index is -3.66. The van der Waals surface area contributed by atoms with Crippen molar-refractivity contribution in [2.24, 2.45) is 0 Å². The van der Waals surface area contributed by atoms with Gasteiger partial charge in [0.15, 0.2) is 5.82 Å². The summed E-state index contributed by atoms with van der Waals surface area (Å²) in [6.45, 7) is 1.80. The van der Waals surface area contributed by atoms with Crippen molar-refractivity contribution in [1.82, 2.24) is 19.5 Å². The van der Waals surface area contributed by atoms with Crippen molar-refractivity contribution in [2.45, 2.75) is 17.9 Å². The fraction of sp³-hybridized carbons (Fsp3) is 0.125. The molecule has 3 aromatic rings. The number of pyridine rings is 1. The Kier molecular flexibility index (Phi) is 4.22. The lowest BCUT2D eigenvalue weighted by Gasteiger charge is -2.13. The molecule has 7 heteroatoms. The van der Waals surface area contributed by atoms with E-state index in [-0.39, 0.29) is 10.9 Å². The summed E-state index contributed by atoms with van der Waals surface area (Å²) in [5.41, 5.74) is 0.896. The predicted molar refractivity (Wildman–Crippen MR) is 86.5 cm³/mol. The molecule has 0 bridgehead atoms. The summed E-state index contributed by atoms with van der Waals surface area (Å²) in [5, 5.41) is 4.07. The van der Waals surface area contributed by atoms with Crippen molar-refractivity contribution >= 4 is 10.0 Å². The van der Waals surface area contributed by atoms with Gasteiger partial charge in [-0.15, -0.1) is 0 Å². The lowest BCUT2D eigenvalue weighted by molar-refractivity contribution is 0.567. The zero-order chi connectivity index (χ0) is 16.3. The SMILES string of the molecule is C[C@@H](NS(=O)(=O)c1cnn(-c2ccccn2)c1)c1ccccc1. The van der Waals surface area contributed by atoms with Crippen LogP contribution in [0.3, 0.4) is 0 Å². The molecule has 0 aliphatic heterocycles. The number of nitrogens with zero attached hydrogens (tertiary/aromatic N) is 3. The molecule has 1 aromatic carbocycles. The van der Waals surface area contributed by atoms with Crippen LogP contribution in [0.4, 0.5) is 0 Å². The quantitative estimate of drug-likeness (QED) is 0.780. The van der Waals surface area contributed by atoms with Gasteiger partial charge in [0.05, 0.1) is 12.4 Å². The maximum absolute atomic E-state index is 12.5. The molecule has 0 spiro atoms. The van der Waals surface area contributed by atoms with Crippen molar-refractivity contribution < 1.29 is 8.42 Å². The molecule has 1 atom stereocenters. The molecular weight excluding hydrogens is 312 g/mol. The first-order valence-corrected chi connectivity index (χ1v) is 8.58. The Morgan fingerprint density at radius 3 is 2.52 bits per heavy atom. The summed E-state index contributed by atoms with van der Waals surface area (Å²) in [4.78, 5) is 4.24. The zero-order valence-electron chi connectivity index (χ0n) is 12.5. The van der Waals surface area contributed by atoms with E-state index in [0.717, 1.165) is 5.56 Å². The predicted octanol–water partition coefficient (Wildman–Crippen LogP) is 2.31. The van der Waals surface area contributed by atoms with E-state index in [1.807, 2.05) is 36.4 Å². The van der Waals surface area contributed by atoms with Gasteiger partial charge < -0.3 is 0 Å². The minimum Gasteiger partial charge on any atom is -0.237 e. The maximum Gasteiger partial charge on any atom is 0.244 e. The number of aromatic nitrogens is 3. The molecular formula is C16H16N4O2S. The van der Waals surface area contributed by atoms with Crippen LogP contribution in [0.2, 0.25) is 0 Å². The van der Waals surface area contributed by atoms with E-state index in [9.17, 15) is 8.42 Å². The Morgan fingerprint density at radius 2 is 1.83 bits per heavy atom. The van der Waals surface area contributed by atoms with Gasteiger partial charge >= 0.3 is 0 Å². The molecule has 3 rings (SSSR count). The first-order chi connectivity index (χ1) is 11.1. The highest BCUT2D eigenvalue weighted by Crippen LogP contribution is 2.17. The topological polar surface area (TPSA) is 76.9 Å². The van der Waals surface area contributed by atoms with Crippen molar-refractivity contribution in [2.75, 3.05) is 0 Å². The molecule has 6 nitrogen and oxygen atoms in total. The second-order valence-corrected chi connectivity index (χ2v) is 6.78. The van der Waals surface area contributed by atoms with Gasteiger partial charge in [-0.05, 0) is 24.6 Å². The minimum absolute atomic E-state index is 0.103. The third kappa shape index (κ3) is 3.46. The van der Waals surface area contributed by atoms with E-state index in [4.69, 9.17) is 0 Å². The van der Waals surface area contributed by atoms with Gasteiger partial charge in [-0.3, -0.25) is 0 Å². The smallest absolute Gasteiger partial charge is 0.237 e. The fourth-order valence-corrected chi connectivity index (χ4v) is 3.33. The number of nitrogens with one attached hydrogen (secondary N) is 1. The van der Waals surface area contributed by atoms with Crippen molar-refractivity contribution in [3.05, 3.63) is 72.7 Å². The maximum atomic E-state index is 12.5. The average molecular weight is 328 g/mol. The van der Waals surface area contributed by atoms with E-state index >= 15 is 0 Å². The van der Waals surface area contributed by atoms with Crippen molar-refractivity contribution in [3.63, 3.8) is 0 Å². The van der Waals surface area contributed by atoms with Crippen LogP contribution in [0.15, 0.2) is 72.0 Å². The second kappa shape index (κ2) is 6.31. The summed E-state index contributed by atoms with van der Waals surface area (Å²) in [6, 6.07) is 14.4. The summed E-state index contributed by atoms with van der Waals surface area (Å²) in [7, 11) is -3.66. The van der Waals surface area contributed by atoms with Crippen LogP contribution in [0, 0.1) is 0 Å². The van der Waals surface area contributed by atoms with Crippen LogP contribution in [-0.2, 0) is 10.0 Å². The van der Waals surface area contributed by atoms with Gasteiger partial charge in [0.25, 0.3) is 0 Å². The molecule has 0 saturated carbocycles. The van der Waals surface area contributed by atoms with Crippen LogP contribution in [-0.4, -0.2) is 23.2 Å². The zero-order valence-corrected chi connectivity index (χ0v) is 13.3. The Labute approximate surface area is 134 Å². The van der Waals surface area contributed by atoms with Crippen LogP contribution >= 0.6 is 0 Å². The third-order valence-corrected chi connectivity index (χ3v) is 4.88. The Morgan fingerprint density at radius 1 is 1.09 bits per heavy atom. The second-order valence-electron chi connectivity index (χ2n) is 5.06.